The van der Waals surface area contributed by atoms with Crippen LogP contribution in [-0.2, 0) is 0 Å². The van der Waals surface area contributed by atoms with E-state index >= 15 is 0 Å². The van der Waals surface area contributed by atoms with E-state index in [9.17, 15) is 0 Å². The fourth-order valence-electron chi connectivity index (χ4n) is 1.22. The molecule has 0 N–H and O–H groups in total. The van der Waals surface area contributed by atoms with Crippen LogP contribution in [-0.4, -0.2) is 0 Å². The number of hydrogen-bond acceptors (Lipinski definition) is 1. The third-order valence-electron chi connectivity index (χ3n) is 1.81. The molecule has 0 spiro atoms. The molecule has 2 aromatic carbocycles. The molecule has 0 aliphatic carbocycles. The highest BCUT2D eigenvalue weighted by atomic mass is 79.9. The van der Waals surface area contributed by atoms with Crippen molar-refractivity contribution < 1.29 is 0 Å². The number of fused-ring (bicyclic) bond motifs is 1. The van der Waals surface area contributed by atoms with E-state index in [1.54, 1.807) is 0 Å². The van der Waals surface area contributed by atoms with Crippen molar-refractivity contribution in [3.8, 4) is 0 Å². The molecule has 0 saturated heterocycles. The molecule has 0 radical (unpaired) electrons. The molecule has 0 aromatic heterocycles. The van der Waals surface area contributed by atoms with Gasteiger partial charge in [-0.1, -0.05) is 34.1 Å². The Morgan fingerprint density at radius 3 is 2.75 bits per heavy atom. The zero-order chi connectivity index (χ0) is 8.55. The fourth-order valence-corrected chi connectivity index (χ4v) is 1.92. The summed E-state index contributed by atoms with van der Waals surface area (Å²) in [5.41, 5.74) is 0. The van der Waals surface area contributed by atoms with Gasteiger partial charge in [-0.2, -0.15) is 0 Å². The quantitative estimate of drug-likeness (QED) is 0.662. The Hall–Kier alpha value is -0.470. The molecule has 0 nitrogen and oxygen atoms in total. The number of thiol groups is 1. The lowest BCUT2D eigenvalue weighted by molar-refractivity contribution is 1.52. The lowest BCUT2D eigenvalue weighted by Gasteiger charge is -2.00. The zero-order valence-corrected chi connectivity index (χ0v) is 8.77. The van der Waals surface area contributed by atoms with Gasteiger partial charge in [0.1, 0.15) is 0 Å². The summed E-state index contributed by atoms with van der Waals surface area (Å²) >= 11 is 7.78. The number of halogens is 1. The van der Waals surface area contributed by atoms with Crippen molar-refractivity contribution in [1.29, 1.82) is 0 Å². The van der Waals surface area contributed by atoms with Crippen molar-refractivity contribution in [2.24, 2.45) is 0 Å². The molecule has 2 rings (SSSR count). The predicted octanol–water partition coefficient (Wildman–Crippen LogP) is 3.89. The highest BCUT2D eigenvalue weighted by Gasteiger charge is 1.96. The van der Waals surface area contributed by atoms with E-state index in [-0.39, 0.29) is 0 Å². The Bertz CT molecular complexity index is 423. The first-order valence-electron chi connectivity index (χ1n) is 3.64. The van der Waals surface area contributed by atoms with Crippen LogP contribution in [0, 0.1) is 0 Å². The first-order chi connectivity index (χ1) is 5.77. The minimum atomic E-state index is 0.995. The van der Waals surface area contributed by atoms with E-state index < -0.39 is 0 Å². The minimum absolute atomic E-state index is 0.995. The van der Waals surface area contributed by atoms with E-state index in [0.29, 0.717) is 0 Å². The lowest BCUT2D eigenvalue weighted by Crippen LogP contribution is -1.73. The molecule has 0 saturated carbocycles. The topological polar surface area (TPSA) is 0 Å². The van der Waals surface area contributed by atoms with E-state index in [2.05, 4.69) is 46.8 Å². The highest BCUT2D eigenvalue weighted by molar-refractivity contribution is 9.10. The largest absolute Gasteiger partial charge is 0.143 e. The summed E-state index contributed by atoms with van der Waals surface area (Å²) in [6, 6.07) is 12.3. The van der Waals surface area contributed by atoms with Crippen molar-refractivity contribution in [2.45, 2.75) is 4.90 Å². The molecule has 0 bridgehead atoms. The van der Waals surface area contributed by atoms with Crippen LogP contribution in [0.3, 0.4) is 0 Å². The second kappa shape index (κ2) is 3.11. The van der Waals surface area contributed by atoms with Crippen molar-refractivity contribution in [3.63, 3.8) is 0 Å². The zero-order valence-electron chi connectivity index (χ0n) is 6.29. The summed E-state index contributed by atoms with van der Waals surface area (Å²) in [4.78, 5) is 0.995. The standard InChI is InChI=1S/C10H7BrS/c11-10-3-1-2-7-4-5-8(12)6-9(7)10/h1-6,12H. The van der Waals surface area contributed by atoms with Crippen molar-refractivity contribution in [1.82, 2.24) is 0 Å². The molecule has 12 heavy (non-hydrogen) atoms. The molecular weight excluding hydrogens is 232 g/mol. The number of benzene rings is 2. The third kappa shape index (κ3) is 1.37. The van der Waals surface area contributed by atoms with Gasteiger partial charge < -0.3 is 0 Å². The van der Waals surface area contributed by atoms with Crippen molar-refractivity contribution in [3.05, 3.63) is 40.9 Å². The van der Waals surface area contributed by atoms with Crippen LogP contribution >= 0.6 is 28.6 Å². The summed E-state index contributed by atoms with van der Waals surface area (Å²) in [5, 5.41) is 2.45. The lowest BCUT2D eigenvalue weighted by atomic mass is 10.1. The molecule has 60 valence electrons. The second-order valence-corrected chi connectivity index (χ2v) is 4.02. The smallest absolute Gasteiger partial charge is 0.0254 e. The molecule has 0 unspecified atom stereocenters. The van der Waals surface area contributed by atoms with Crippen LogP contribution in [0.25, 0.3) is 10.8 Å². The summed E-state index contributed by atoms with van der Waals surface area (Å²) in [5.74, 6) is 0. The van der Waals surface area contributed by atoms with Gasteiger partial charge in [-0.25, -0.2) is 0 Å². The Balaban J connectivity index is 2.88. The SMILES string of the molecule is Sc1ccc2cccc(Br)c2c1. The normalized spacial score (nSPS) is 10.5. The summed E-state index contributed by atoms with van der Waals surface area (Å²) in [6.45, 7) is 0. The molecule has 0 atom stereocenters. The van der Waals surface area contributed by atoms with Gasteiger partial charge in [-0.3, -0.25) is 0 Å². The average Bonchev–Trinajstić information content (AvgIpc) is 2.07. The van der Waals surface area contributed by atoms with Crippen molar-refractivity contribution in [2.75, 3.05) is 0 Å². The van der Waals surface area contributed by atoms with Gasteiger partial charge in [-0.05, 0) is 29.0 Å². The van der Waals surface area contributed by atoms with Gasteiger partial charge in [0.05, 0.1) is 0 Å². The van der Waals surface area contributed by atoms with Crippen LogP contribution in [0.4, 0.5) is 0 Å². The highest BCUT2D eigenvalue weighted by Crippen LogP contribution is 2.25. The fraction of sp³-hybridized carbons (Fsp3) is 0. The number of rotatable bonds is 0. The summed E-state index contributed by atoms with van der Waals surface area (Å²) < 4.78 is 1.12. The van der Waals surface area contributed by atoms with E-state index in [1.165, 1.54) is 10.8 Å². The maximum Gasteiger partial charge on any atom is 0.0254 e. The molecule has 2 heteroatoms. The third-order valence-corrected chi connectivity index (χ3v) is 2.78. The van der Waals surface area contributed by atoms with E-state index in [0.717, 1.165) is 9.37 Å². The van der Waals surface area contributed by atoms with Crippen LogP contribution in [0.5, 0.6) is 0 Å². The van der Waals surface area contributed by atoms with Gasteiger partial charge in [-0.15, -0.1) is 12.6 Å². The molecule has 0 aliphatic rings. The van der Waals surface area contributed by atoms with Crippen LogP contribution in [0.15, 0.2) is 45.8 Å². The average molecular weight is 239 g/mol. The summed E-state index contributed by atoms with van der Waals surface area (Å²) in [6.07, 6.45) is 0. The molecule has 0 amide bonds. The molecular formula is C10H7BrS. The van der Waals surface area contributed by atoms with Gasteiger partial charge in [0.25, 0.3) is 0 Å². The van der Waals surface area contributed by atoms with Crippen molar-refractivity contribution >= 4 is 39.3 Å². The minimum Gasteiger partial charge on any atom is -0.143 e. The maximum absolute atomic E-state index is 4.29. The Labute approximate surface area is 85.1 Å². The number of hydrogen-bond donors (Lipinski definition) is 1. The molecule has 0 aliphatic heterocycles. The Morgan fingerprint density at radius 1 is 1.08 bits per heavy atom. The first kappa shape index (κ1) is 8.14. The van der Waals surface area contributed by atoms with Gasteiger partial charge in [0.15, 0.2) is 0 Å². The van der Waals surface area contributed by atoms with Crippen LogP contribution in [0.2, 0.25) is 0 Å². The van der Waals surface area contributed by atoms with Gasteiger partial charge in [0, 0.05) is 9.37 Å². The van der Waals surface area contributed by atoms with Gasteiger partial charge >= 0.3 is 0 Å². The Kier molecular flexibility index (Phi) is 2.11. The molecule has 0 fully saturated rings. The summed E-state index contributed by atoms with van der Waals surface area (Å²) in [7, 11) is 0. The Morgan fingerprint density at radius 2 is 1.92 bits per heavy atom. The molecule has 0 heterocycles. The van der Waals surface area contributed by atoms with Gasteiger partial charge in [0.2, 0.25) is 0 Å². The van der Waals surface area contributed by atoms with Crippen LogP contribution < -0.4 is 0 Å². The second-order valence-electron chi connectivity index (χ2n) is 2.65. The molecule has 2 aromatic rings. The van der Waals surface area contributed by atoms with E-state index in [4.69, 9.17) is 0 Å². The maximum atomic E-state index is 4.29. The van der Waals surface area contributed by atoms with Crippen LogP contribution in [0.1, 0.15) is 0 Å². The van der Waals surface area contributed by atoms with E-state index in [1.807, 2.05) is 18.2 Å². The monoisotopic (exact) mass is 238 g/mol. The predicted molar refractivity (Wildman–Crippen MR) is 58.9 cm³/mol. The first-order valence-corrected chi connectivity index (χ1v) is 4.88.